The Bertz CT molecular complexity index is 458. The molecule has 1 fully saturated rings. The number of carbonyl (C=O) groups excluding carboxylic acids is 1. The average molecular weight is 280 g/mol. The molecule has 0 aromatic heterocycles. The molecule has 6 heteroatoms. The van der Waals surface area contributed by atoms with Crippen LogP contribution < -0.4 is 15.8 Å². The van der Waals surface area contributed by atoms with Gasteiger partial charge in [0.1, 0.15) is 11.4 Å². The van der Waals surface area contributed by atoms with Crippen LogP contribution in [0.15, 0.2) is 24.3 Å². The molecule has 4 N–H and O–H groups in total. The lowest BCUT2D eigenvalue weighted by Crippen LogP contribution is -2.43. The maximum atomic E-state index is 11.6. The van der Waals surface area contributed by atoms with Gasteiger partial charge in [0, 0.05) is 31.3 Å². The number of rotatable bonds is 6. The molecule has 1 aliphatic rings. The molecule has 1 amide bonds. The molecular weight excluding hydrogens is 260 g/mol. The monoisotopic (exact) mass is 280 g/mol. The van der Waals surface area contributed by atoms with E-state index < -0.39 is 5.60 Å². The van der Waals surface area contributed by atoms with E-state index >= 15 is 0 Å². The highest BCUT2D eigenvalue weighted by molar-refractivity contribution is 5.76. The van der Waals surface area contributed by atoms with Gasteiger partial charge in [0.15, 0.2) is 0 Å². The Labute approximate surface area is 117 Å². The Morgan fingerprint density at radius 1 is 1.55 bits per heavy atom. The first-order chi connectivity index (χ1) is 9.57. The number of nitrogens with one attached hydrogen (secondary N) is 1. The SMILES string of the molecule is Nc1cccc(OCCC(=O)NCC2(O)CCOC2)c1. The van der Waals surface area contributed by atoms with Crippen molar-refractivity contribution in [1.82, 2.24) is 5.32 Å². The van der Waals surface area contributed by atoms with Gasteiger partial charge < -0.3 is 25.6 Å². The fraction of sp³-hybridized carbons (Fsp3) is 0.500. The average Bonchev–Trinajstić information content (AvgIpc) is 2.84. The Kier molecular flexibility index (Phi) is 4.81. The molecule has 0 aliphatic carbocycles. The van der Waals surface area contributed by atoms with Crippen LogP contribution in [-0.2, 0) is 9.53 Å². The number of benzene rings is 1. The standard InChI is InChI=1S/C14H20N2O4/c15-11-2-1-3-12(8-11)20-6-4-13(17)16-9-14(18)5-7-19-10-14/h1-3,8,18H,4-7,9-10,15H2,(H,16,17). The van der Waals surface area contributed by atoms with Crippen molar-refractivity contribution in [2.75, 3.05) is 32.1 Å². The van der Waals surface area contributed by atoms with E-state index in [1.165, 1.54) is 0 Å². The smallest absolute Gasteiger partial charge is 0.223 e. The summed E-state index contributed by atoms with van der Waals surface area (Å²) in [6.45, 7) is 1.28. The zero-order valence-corrected chi connectivity index (χ0v) is 11.3. The molecule has 20 heavy (non-hydrogen) atoms. The van der Waals surface area contributed by atoms with Gasteiger partial charge in [0.2, 0.25) is 5.91 Å². The number of ether oxygens (including phenoxy) is 2. The minimum absolute atomic E-state index is 0.158. The predicted molar refractivity (Wildman–Crippen MR) is 74.4 cm³/mol. The summed E-state index contributed by atoms with van der Waals surface area (Å²) in [5.74, 6) is 0.481. The third-order valence-electron chi connectivity index (χ3n) is 3.15. The van der Waals surface area contributed by atoms with E-state index in [9.17, 15) is 9.90 Å². The fourth-order valence-electron chi connectivity index (χ4n) is 1.95. The number of nitrogens with two attached hydrogens (primary N) is 1. The molecule has 0 saturated carbocycles. The van der Waals surface area contributed by atoms with Gasteiger partial charge in [-0.25, -0.2) is 0 Å². The number of hydrogen-bond donors (Lipinski definition) is 3. The van der Waals surface area contributed by atoms with Crippen LogP contribution in [0.25, 0.3) is 0 Å². The first kappa shape index (κ1) is 14.6. The molecule has 0 radical (unpaired) electrons. The van der Waals surface area contributed by atoms with E-state index in [-0.39, 0.29) is 32.1 Å². The predicted octanol–water partition coefficient (Wildman–Crippen LogP) is 0.305. The molecule has 0 spiro atoms. The molecule has 1 saturated heterocycles. The van der Waals surface area contributed by atoms with Gasteiger partial charge in [-0.2, -0.15) is 0 Å². The van der Waals surface area contributed by atoms with Crippen molar-refractivity contribution >= 4 is 11.6 Å². The van der Waals surface area contributed by atoms with Crippen molar-refractivity contribution in [3.63, 3.8) is 0 Å². The Balaban J connectivity index is 1.65. The third-order valence-corrected chi connectivity index (χ3v) is 3.15. The summed E-state index contributed by atoms with van der Waals surface area (Å²) < 4.78 is 10.5. The van der Waals surface area contributed by atoms with Crippen molar-refractivity contribution in [1.29, 1.82) is 0 Å². The summed E-state index contributed by atoms with van der Waals surface area (Å²) in [5.41, 5.74) is 5.32. The zero-order chi connectivity index (χ0) is 14.4. The molecule has 1 aromatic rings. The van der Waals surface area contributed by atoms with Crippen LogP contribution in [0, 0.1) is 0 Å². The molecule has 1 unspecified atom stereocenters. The lowest BCUT2D eigenvalue weighted by Gasteiger charge is -2.20. The first-order valence-corrected chi connectivity index (χ1v) is 6.63. The van der Waals surface area contributed by atoms with Gasteiger partial charge in [0.05, 0.1) is 19.6 Å². The summed E-state index contributed by atoms with van der Waals surface area (Å²) in [6.07, 6.45) is 0.777. The van der Waals surface area contributed by atoms with Gasteiger partial charge in [-0.1, -0.05) is 6.07 Å². The minimum atomic E-state index is -0.926. The highest BCUT2D eigenvalue weighted by Gasteiger charge is 2.32. The van der Waals surface area contributed by atoms with Crippen LogP contribution in [-0.4, -0.2) is 43.0 Å². The van der Waals surface area contributed by atoms with Crippen LogP contribution in [0.4, 0.5) is 5.69 Å². The van der Waals surface area contributed by atoms with Crippen molar-refractivity contribution in [3.8, 4) is 5.75 Å². The molecule has 2 rings (SSSR count). The second-order valence-corrected chi connectivity index (χ2v) is 4.97. The molecule has 6 nitrogen and oxygen atoms in total. The van der Waals surface area contributed by atoms with Crippen molar-refractivity contribution < 1.29 is 19.4 Å². The quantitative estimate of drug-likeness (QED) is 0.652. The molecule has 0 bridgehead atoms. The lowest BCUT2D eigenvalue weighted by molar-refractivity contribution is -0.122. The van der Waals surface area contributed by atoms with E-state index in [2.05, 4.69) is 5.32 Å². The van der Waals surface area contributed by atoms with E-state index in [0.717, 1.165) is 0 Å². The molecule has 110 valence electrons. The number of aliphatic hydroxyl groups is 1. The summed E-state index contributed by atoms with van der Waals surface area (Å²) in [7, 11) is 0. The van der Waals surface area contributed by atoms with Crippen molar-refractivity contribution in [2.24, 2.45) is 0 Å². The molecule has 1 atom stereocenters. The third kappa shape index (κ3) is 4.40. The van der Waals surface area contributed by atoms with Crippen molar-refractivity contribution in [2.45, 2.75) is 18.4 Å². The number of anilines is 1. The Morgan fingerprint density at radius 3 is 3.10 bits per heavy atom. The summed E-state index contributed by atoms with van der Waals surface area (Å²) in [5, 5.41) is 12.7. The zero-order valence-electron chi connectivity index (χ0n) is 11.3. The van der Waals surface area contributed by atoms with Crippen LogP contribution in [0.5, 0.6) is 5.75 Å². The number of amides is 1. The molecule has 1 aliphatic heterocycles. The summed E-state index contributed by atoms with van der Waals surface area (Å²) >= 11 is 0. The van der Waals surface area contributed by atoms with E-state index in [0.29, 0.717) is 24.5 Å². The normalized spacial score (nSPS) is 21.6. The number of hydrogen-bond acceptors (Lipinski definition) is 5. The topological polar surface area (TPSA) is 93.8 Å². The highest BCUT2D eigenvalue weighted by Crippen LogP contribution is 2.17. The second kappa shape index (κ2) is 6.58. The van der Waals surface area contributed by atoms with Gasteiger partial charge >= 0.3 is 0 Å². The second-order valence-electron chi connectivity index (χ2n) is 4.97. The van der Waals surface area contributed by atoms with Gasteiger partial charge in [-0.05, 0) is 12.1 Å². The summed E-state index contributed by atoms with van der Waals surface area (Å²) in [6, 6.07) is 7.05. The van der Waals surface area contributed by atoms with Crippen LogP contribution in [0.1, 0.15) is 12.8 Å². The van der Waals surface area contributed by atoms with Gasteiger partial charge in [-0.15, -0.1) is 0 Å². The number of nitrogen functional groups attached to an aromatic ring is 1. The first-order valence-electron chi connectivity index (χ1n) is 6.63. The van der Waals surface area contributed by atoms with E-state index in [1.54, 1.807) is 24.3 Å². The Hall–Kier alpha value is -1.79. The largest absolute Gasteiger partial charge is 0.493 e. The van der Waals surface area contributed by atoms with Crippen LogP contribution >= 0.6 is 0 Å². The number of carbonyl (C=O) groups is 1. The van der Waals surface area contributed by atoms with E-state index in [4.69, 9.17) is 15.2 Å². The molecule has 1 heterocycles. The molecular formula is C14H20N2O4. The minimum Gasteiger partial charge on any atom is -0.493 e. The van der Waals surface area contributed by atoms with Crippen LogP contribution in [0.3, 0.4) is 0 Å². The Morgan fingerprint density at radius 2 is 2.40 bits per heavy atom. The lowest BCUT2D eigenvalue weighted by atomic mass is 10.0. The van der Waals surface area contributed by atoms with Gasteiger partial charge in [0.25, 0.3) is 0 Å². The fourth-order valence-corrected chi connectivity index (χ4v) is 1.95. The maximum Gasteiger partial charge on any atom is 0.223 e. The molecule has 1 aromatic carbocycles. The maximum absolute atomic E-state index is 11.6. The highest BCUT2D eigenvalue weighted by atomic mass is 16.5. The van der Waals surface area contributed by atoms with Crippen LogP contribution in [0.2, 0.25) is 0 Å². The van der Waals surface area contributed by atoms with E-state index in [1.807, 2.05) is 0 Å². The summed E-state index contributed by atoms with van der Waals surface area (Å²) in [4.78, 5) is 11.6. The van der Waals surface area contributed by atoms with Gasteiger partial charge in [-0.3, -0.25) is 4.79 Å². The van der Waals surface area contributed by atoms with Crippen molar-refractivity contribution in [3.05, 3.63) is 24.3 Å².